The van der Waals surface area contributed by atoms with Crippen LogP contribution in [0, 0.1) is 6.92 Å². The fourth-order valence-corrected chi connectivity index (χ4v) is 13.4. The maximum atomic E-state index is 13.2. The van der Waals surface area contributed by atoms with E-state index < -0.39 is 37.0 Å². The summed E-state index contributed by atoms with van der Waals surface area (Å²) in [5.74, 6) is 1.44. The zero-order valence-electron chi connectivity index (χ0n) is 31.9. The third kappa shape index (κ3) is 7.70. The molecule has 1 aromatic heterocycles. The van der Waals surface area contributed by atoms with Crippen LogP contribution in [0.2, 0.25) is 16.6 Å². The van der Waals surface area contributed by atoms with Gasteiger partial charge in [0.05, 0.1) is 40.6 Å². The number of H-pyrrole nitrogens is 1. The normalized spacial score (nSPS) is 18.3. The van der Waals surface area contributed by atoms with Gasteiger partial charge in [-0.3, -0.25) is 14.3 Å². The van der Waals surface area contributed by atoms with Crippen LogP contribution in [0.15, 0.2) is 94.6 Å². The molecule has 11 heteroatoms. The lowest BCUT2D eigenvalue weighted by molar-refractivity contribution is -0.259. The number of nitrogens with zero attached hydrogens (tertiary/aromatic N) is 1. The first-order valence-corrected chi connectivity index (χ1v) is 20.2. The molecule has 4 aromatic rings. The molecule has 0 spiro atoms. The SMILES string of the molecule is COc1ccc(C(OC[C@]2(CO[Si](C(C)C)(C(C)C)C(C)C)COC[C@H](n3cc(C)c(=O)[nH]c3=O)O2)(c2ccccc2)c2ccc(OC)cc2)cc1. The van der Waals surface area contributed by atoms with Crippen LogP contribution in [0.1, 0.15) is 70.0 Å². The Morgan fingerprint density at radius 2 is 1.33 bits per heavy atom. The predicted octanol–water partition coefficient (Wildman–Crippen LogP) is 7.35. The van der Waals surface area contributed by atoms with Gasteiger partial charge in [-0.25, -0.2) is 4.79 Å². The molecule has 1 N–H and O–H groups in total. The van der Waals surface area contributed by atoms with Crippen LogP contribution in [0.4, 0.5) is 0 Å². The highest BCUT2D eigenvalue weighted by Crippen LogP contribution is 2.45. The Hall–Kier alpha value is -4.00. The number of aromatic amines is 1. The molecule has 0 saturated carbocycles. The quantitative estimate of drug-likeness (QED) is 0.1000. The third-order valence-electron chi connectivity index (χ3n) is 10.5. The Morgan fingerprint density at radius 3 is 1.83 bits per heavy atom. The lowest BCUT2D eigenvalue weighted by atomic mass is 9.79. The molecule has 0 radical (unpaired) electrons. The van der Waals surface area contributed by atoms with E-state index in [0.29, 0.717) is 22.2 Å². The van der Waals surface area contributed by atoms with Crippen molar-refractivity contribution in [3.8, 4) is 11.5 Å². The van der Waals surface area contributed by atoms with Gasteiger partial charge in [-0.2, -0.15) is 0 Å². The topological polar surface area (TPSA) is 110 Å². The first kappa shape index (κ1) is 39.2. The number of aryl methyl sites for hydroxylation is 1. The van der Waals surface area contributed by atoms with Gasteiger partial charge in [0.25, 0.3) is 5.56 Å². The molecule has 280 valence electrons. The number of aromatic nitrogens is 2. The van der Waals surface area contributed by atoms with E-state index >= 15 is 0 Å². The molecule has 0 aliphatic carbocycles. The fraction of sp³-hybridized carbons (Fsp3) is 0.463. The standard InChI is InChI=1S/C41H54N2O8Si/c1-28(2)52(29(3)4,30(5)6)50-27-40(25-48-24-37(51-40)43-23-31(7)38(44)42-39(43)45)26-49-41(32-13-11-10-12-14-32,33-15-19-35(46-8)20-16-33)34-17-21-36(47-9)22-18-34/h10-23,28-30,37H,24-27H2,1-9H3,(H,42,44,45)/t37-,40+/m1/s1. The Morgan fingerprint density at radius 1 is 0.808 bits per heavy atom. The number of rotatable bonds is 15. The molecule has 1 saturated heterocycles. The average Bonchev–Trinajstić information content (AvgIpc) is 3.14. The van der Waals surface area contributed by atoms with Gasteiger partial charge < -0.3 is 28.1 Å². The average molecular weight is 731 g/mol. The molecule has 1 aliphatic rings. The first-order chi connectivity index (χ1) is 24.8. The molecule has 0 unspecified atom stereocenters. The van der Waals surface area contributed by atoms with E-state index in [1.807, 2.05) is 66.7 Å². The summed E-state index contributed by atoms with van der Waals surface area (Å²) in [5.41, 5.74) is 0.688. The van der Waals surface area contributed by atoms with Crippen molar-refractivity contribution >= 4 is 8.32 Å². The first-order valence-electron chi connectivity index (χ1n) is 18.0. The molecular weight excluding hydrogens is 677 g/mol. The highest BCUT2D eigenvalue weighted by molar-refractivity contribution is 6.77. The van der Waals surface area contributed by atoms with Crippen molar-refractivity contribution in [1.82, 2.24) is 9.55 Å². The minimum absolute atomic E-state index is 0.0340. The van der Waals surface area contributed by atoms with E-state index in [2.05, 4.69) is 58.7 Å². The minimum Gasteiger partial charge on any atom is -0.497 e. The Bertz CT molecular complexity index is 1800. The van der Waals surface area contributed by atoms with Crippen LogP contribution in [-0.4, -0.2) is 64.1 Å². The monoisotopic (exact) mass is 730 g/mol. The Kier molecular flexibility index (Phi) is 12.3. The van der Waals surface area contributed by atoms with Crippen LogP contribution in [0.5, 0.6) is 11.5 Å². The van der Waals surface area contributed by atoms with Gasteiger partial charge in [0.15, 0.2) is 14.5 Å². The molecule has 2 heterocycles. The number of benzene rings is 3. The highest BCUT2D eigenvalue weighted by Gasteiger charge is 2.50. The van der Waals surface area contributed by atoms with Gasteiger partial charge in [-0.15, -0.1) is 0 Å². The zero-order chi connectivity index (χ0) is 37.7. The summed E-state index contributed by atoms with van der Waals surface area (Å²) in [6, 6.07) is 25.8. The molecule has 1 fully saturated rings. The fourth-order valence-electron chi connectivity index (χ4n) is 7.90. The number of ether oxygens (including phenoxy) is 5. The summed E-state index contributed by atoms with van der Waals surface area (Å²) in [6.07, 6.45) is 0.677. The van der Waals surface area contributed by atoms with Gasteiger partial charge in [-0.1, -0.05) is 96.1 Å². The Labute approximate surface area is 308 Å². The second-order valence-corrected chi connectivity index (χ2v) is 20.1. The summed E-state index contributed by atoms with van der Waals surface area (Å²) >= 11 is 0. The van der Waals surface area contributed by atoms with Crippen molar-refractivity contribution < 1.29 is 28.1 Å². The van der Waals surface area contributed by atoms with Crippen LogP contribution in [-0.2, 0) is 24.2 Å². The van der Waals surface area contributed by atoms with Gasteiger partial charge in [0.1, 0.15) is 22.7 Å². The summed E-state index contributed by atoms with van der Waals surface area (Å²) in [6.45, 7) is 15.6. The lowest BCUT2D eigenvalue weighted by Crippen LogP contribution is -2.58. The van der Waals surface area contributed by atoms with E-state index in [9.17, 15) is 9.59 Å². The van der Waals surface area contributed by atoms with Crippen LogP contribution in [0.25, 0.3) is 0 Å². The van der Waals surface area contributed by atoms with E-state index in [0.717, 1.165) is 28.2 Å². The van der Waals surface area contributed by atoms with Crippen molar-refractivity contribution in [2.24, 2.45) is 0 Å². The van der Waals surface area contributed by atoms with Crippen LogP contribution < -0.4 is 20.7 Å². The number of hydrogen-bond donors (Lipinski definition) is 1. The van der Waals surface area contributed by atoms with E-state index in [-0.39, 0.29) is 26.4 Å². The van der Waals surface area contributed by atoms with Crippen LogP contribution >= 0.6 is 0 Å². The molecule has 0 amide bonds. The smallest absolute Gasteiger partial charge is 0.330 e. The number of nitrogens with one attached hydrogen (secondary N) is 1. The molecule has 2 atom stereocenters. The molecule has 52 heavy (non-hydrogen) atoms. The van der Waals surface area contributed by atoms with Crippen LogP contribution in [0.3, 0.4) is 0 Å². The minimum atomic E-state index is -2.41. The molecule has 10 nitrogen and oxygen atoms in total. The van der Waals surface area contributed by atoms with Gasteiger partial charge in [0.2, 0.25) is 0 Å². The maximum absolute atomic E-state index is 13.2. The molecule has 0 bridgehead atoms. The second-order valence-electron chi connectivity index (χ2n) is 14.6. The van der Waals surface area contributed by atoms with Crippen molar-refractivity contribution in [2.75, 3.05) is 40.6 Å². The number of hydrogen-bond acceptors (Lipinski definition) is 8. The summed E-state index contributed by atoms with van der Waals surface area (Å²) in [5, 5.41) is 0. The Balaban J connectivity index is 1.67. The number of methoxy groups -OCH3 is 2. The third-order valence-corrected chi connectivity index (χ3v) is 16.5. The van der Waals surface area contributed by atoms with Crippen molar-refractivity contribution in [1.29, 1.82) is 0 Å². The summed E-state index contributed by atoms with van der Waals surface area (Å²) < 4.78 is 40.4. The van der Waals surface area contributed by atoms with E-state index in [4.69, 9.17) is 28.1 Å². The van der Waals surface area contributed by atoms with Crippen molar-refractivity contribution in [3.05, 3.63) is 128 Å². The van der Waals surface area contributed by atoms with Crippen molar-refractivity contribution in [2.45, 2.75) is 82.5 Å². The second kappa shape index (κ2) is 16.3. The largest absolute Gasteiger partial charge is 0.497 e. The molecule has 3 aromatic carbocycles. The van der Waals surface area contributed by atoms with E-state index in [1.165, 1.54) is 10.8 Å². The van der Waals surface area contributed by atoms with Crippen molar-refractivity contribution in [3.63, 3.8) is 0 Å². The predicted molar refractivity (Wildman–Crippen MR) is 205 cm³/mol. The zero-order valence-corrected chi connectivity index (χ0v) is 32.9. The summed E-state index contributed by atoms with van der Waals surface area (Å²) in [7, 11) is 0.876. The van der Waals surface area contributed by atoms with Gasteiger partial charge in [0, 0.05) is 11.8 Å². The molecule has 1 aliphatic heterocycles. The maximum Gasteiger partial charge on any atom is 0.330 e. The van der Waals surface area contributed by atoms with Gasteiger partial charge in [-0.05, 0) is 64.5 Å². The lowest BCUT2D eigenvalue weighted by Gasteiger charge is -2.48. The molecule has 5 rings (SSSR count). The summed E-state index contributed by atoms with van der Waals surface area (Å²) in [4.78, 5) is 27.9. The van der Waals surface area contributed by atoms with Gasteiger partial charge >= 0.3 is 5.69 Å². The molecular formula is C41H54N2O8Si. The highest BCUT2D eigenvalue weighted by atomic mass is 28.4. The van der Waals surface area contributed by atoms with E-state index in [1.54, 1.807) is 21.1 Å².